The molecule has 116 valence electrons. The number of hydrogen-bond acceptors (Lipinski definition) is 4. The van der Waals surface area contributed by atoms with Crippen LogP contribution in [0.3, 0.4) is 0 Å². The predicted octanol–water partition coefficient (Wildman–Crippen LogP) is 3.49. The first-order chi connectivity index (χ1) is 11.0. The quantitative estimate of drug-likeness (QED) is 0.630. The summed E-state index contributed by atoms with van der Waals surface area (Å²) in [6, 6.07) is 7.86. The van der Waals surface area contributed by atoms with Gasteiger partial charge in [-0.1, -0.05) is 15.9 Å². The van der Waals surface area contributed by atoms with E-state index in [-0.39, 0.29) is 5.57 Å². The summed E-state index contributed by atoms with van der Waals surface area (Å²) in [5.41, 5.74) is 1.31. The number of halogens is 1. The van der Waals surface area contributed by atoms with Crippen molar-refractivity contribution in [3.05, 3.63) is 56.2 Å². The summed E-state index contributed by atoms with van der Waals surface area (Å²) < 4.78 is 0.826. The molecule has 1 fully saturated rings. The summed E-state index contributed by atoms with van der Waals surface area (Å²) in [7, 11) is 0. The molecule has 0 aliphatic carbocycles. The molecule has 1 aliphatic rings. The molecule has 2 heterocycles. The van der Waals surface area contributed by atoms with Crippen LogP contribution < -0.4 is 10.2 Å². The minimum Gasteiger partial charge on any atom is -0.273 e. The number of imide groups is 2. The Kier molecular flexibility index (Phi) is 4.14. The van der Waals surface area contributed by atoms with Crippen molar-refractivity contribution in [2.45, 2.75) is 6.92 Å². The molecule has 7 heteroatoms. The molecule has 23 heavy (non-hydrogen) atoms. The zero-order valence-corrected chi connectivity index (χ0v) is 14.4. The SMILES string of the molecule is Cc1ccsc1/C=C1/C(=O)NC(=O)N(c2ccc(Br)cc2)C1=O. The molecule has 3 rings (SSSR count). The van der Waals surface area contributed by atoms with E-state index in [1.54, 1.807) is 24.3 Å². The number of barbiturate groups is 1. The molecule has 0 saturated carbocycles. The van der Waals surface area contributed by atoms with Crippen LogP contribution in [0, 0.1) is 6.92 Å². The Bertz CT molecular complexity index is 839. The van der Waals surface area contributed by atoms with Crippen LogP contribution in [0.4, 0.5) is 10.5 Å². The van der Waals surface area contributed by atoms with Crippen molar-refractivity contribution < 1.29 is 14.4 Å². The number of thiophene rings is 1. The molecule has 5 nitrogen and oxygen atoms in total. The standard InChI is InChI=1S/C16H11BrN2O3S/c1-9-6-7-23-13(9)8-12-14(20)18-16(22)19(15(12)21)11-4-2-10(17)3-5-11/h2-8H,1H3,(H,18,20,22)/b12-8-. The monoisotopic (exact) mass is 390 g/mol. The van der Waals surface area contributed by atoms with Gasteiger partial charge in [0.15, 0.2) is 0 Å². The van der Waals surface area contributed by atoms with Crippen molar-refractivity contribution in [3.63, 3.8) is 0 Å². The molecule has 1 aliphatic heterocycles. The van der Waals surface area contributed by atoms with Gasteiger partial charge in [-0.2, -0.15) is 0 Å². The number of amides is 4. The Morgan fingerprint density at radius 2 is 1.83 bits per heavy atom. The average Bonchev–Trinajstić information content (AvgIpc) is 2.90. The Hall–Kier alpha value is -2.25. The summed E-state index contributed by atoms with van der Waals surface area (Å²) >= 11 is 4.73. The molecule has 0 unspecified atom stereocenters. The number of nitrogens with one attached hydrogen (secondary N) is 1. The maximum atomic E-state index is 12.6. The summed E-state index contributed by atoms with van der Waals surface area (Å²) in [6.45, 7) is 1.89. The first-order valence-electron chi connectivity index (χ1n) is 6.68. The molecule has 1 aromatic heterocycles. The lowest BCUT2D eigenvalue weighted by atomic mass is 10.1. The van der Waals surface area contributed by atoms with Gasteiger partial charge in [0.25, 0.3) is 11.8 Å². The lowest BCUT2D eigenvalue weighted by Gasteiger charge is -2.26. The summed E-state index contributed by atoms with van der Waals surface area (Å²) in [6.07, 6.45) is 1.52. The van der Waals surface area contributed by atoms with Crippen LogP contribution in [0.25, 0.3) is 6.08 Å². The van der Waals surface area contributed by atoms with E-state index < -0.39 is 17.8 Å². The van der Waals surface area contributed by atoms with Crippen LogP contribution in [0.2, 0.25) is 0 Å². The number of benzene rings is 1. The number of nitrogens with zero attached hydrogens (tertiary/aromatic N) is 1. The lowest BCUT2D eigenvalue weighted by molar-refractivity contribution is -0.122. The molecule has 0 atom stereocenters. The molecular formula is C16H11BrN2O3S. The zero-order valence-electron chi connectivity index (χ0n) is 12.0. The van der Waals surface area contributed by atoms with Crippen molar-refractivity contribution >= 4 is 56.9 Å². The molecule has 0 spiro atoms. The summed E-state index contributed by atoms with van der Waals surface area (Å²) in [5, 5.41) is 4.09. The number of carbonyl (C=O) groups is 3. The second kappa shape index (κ2) is 6.10. The number of urea groups is 1. The Labute approximate surface area is 144 Å². The van der Waals surface area contributed by atoms with Crippen LogP contribution in [-0.2, 0) is 9.59 Å². The number of hydrogen-bond donors (Lipinski definition) is 1. The van der Waals surface area contributed by atoms with Crippen LogP contribution >= 0.6 is 27.3 Å². The lowest BCUT2D eigenvalue weighted by Crippen LogP contribution is -2.54. The molecule has 0 bridgehead atoms. The van der Waals surface area contributed by atoms with Crippen LogP contribution in [-0.4, -0.2) is 17.8 Å². The minimum atomic E-state index is -0.748. The van der Waals surface area contributed by atoms with Crippen molar-refractivity contribution in [2.24, 2.45) is 0 Å². The Morgan fingerprint density at radius 1 is 1.13 bits per heavy atom. The Morgan fingerprint density at radius 3 is 2.43 bits per heavy atom. The third-order valence-corrected chi connectivity index (χ3v) is 4.86. The molecule has 2 aromatic rings. The topological polar surface area (TPSA) is 66.5 Å². The van der Waals surface area contributed by atoms with Crippen molar-refractivity contribution in [3.8, 4) is 0 Å². The maximum Gasteiger partial charge on any atom is 0.335 e. The largest absolute Gasteiger partial charge is 0.335 e. The van der Waals surface area contributed by atoms with Crippen LogP contribution in [0.5, 0.6) is 0 Å². The third-order valence-electron chi connectivity index (χ3n) is 3.36. The first-order valence-corrected chi connectivity index (χ1v) is 8.36. The highest BCUT2D eigenvalue weighted by atomic mass is 79.9. The van der Waals surface area contributed by atoms with Gasteiger partial charge in [0, 0.05) is 9.35 Å². The van der Waals surface area contributed by atoms with E-state index in [0.29, 0.717) is 5.69 Å². The molecule has 1 aromatic carbocycles. The van der Waals surface area contributed by atoms with Gasteiger partial charge >= 0.3 is 6.03 Å². The number of anilines is 1. The van der Waals surface area contributed by atoms with E-state index in [9.17, 15) is 14.4 Å². The molecule has 1 N–H and O–H groups in total. The highest BCUT2D eigenvalue weighted by Gasteiger charge is 2.36. The first kappa shape index (κ1) is 15.6. The van der Waals surface area contributed by atoms with Gasteiger partial charge in [0.2, 0.25) is 0 Å². The van der Waals surface area contributed by atoms with Gasteiger partial charge < -0.3 is 0 Å². The average molecular weight is 391 g/mol. The van der Waals surface area contributed by atoms with Crippen molar-refractivity contribution in [1.82, 2.24) is 5.32 Å². The summed E-state index contributed by atoms with van der Waals surface area (Å²) in [4.78, 5) is 38.5. The molecule has 1 saturated heterocycles. The van der Waals surface area contributed by atoms with Gasteiger partial charge in [-0.25, -0.2) is 9.69 Å². The third kappa shape index (κ3) is 2.97. The smallest absolute Gasteiger partial charge is 0.273 e. The van der Waals surface area contributed by atoms with Gasteiger partial charge in [-0.05, 0) is 54.3 Å². The van der Waals surface area contributed by atoms with Crippen molar-refractivity contribution in [2.75, 3.05) is 4.90 Å². The highest BCUT2D eigenvalue weighted by molar-refractivity contribution is 9.10. The van der Waals surface area contributed by atoms with E-state index in [1.165, 1.54) is 17.4 Å². The number of aryl methyl sites for hydroxylation is 1. The maximum absolute atomic E-state index is 12.6. The number of rotatable bonds is 2. The molecular weight excluding hydrogens is 380 g/mol. The fraction of sp³-hybridized carbons (Fsp3) is 0.0625. The second-order valence-corrected chi connectivity index (χ2v) is 6.77. The van der Waals surface area contributed by atoms with E-state index in [0.717, 1.165) is 19.8 Å². The fourth-order valence-corrected chi connectivity index (χ4v) is 3.27. The normalized spacial score (nSPS) is 16.9. The predicted molar refractivity (Wildman–Crippen MR) is 92.2 cm³/mol. The van der Waals surface area contributed by atoms with Gasteiger partial charge in [0.1, 0.15) is 5.57 Å². The Balaban J connectivity index is 2.02. The minimum absolute atomic E-state index is 0.0573. The van der Waals surface area contributed by atoms with Crippen LogP contribution in [0.15, 0.2) is 45.8 Å². The zero-order chi connectivity index (χ0) is 16.6. The van der Waals surface area contributed by atoms with Crippen LogP contribution in [0.1, 0.15) is 10.4 Å². The van der Waals surface area contributed by atoms with E-state index in [4.69, 9.17) is 0 Å². The summed E-state index contributed by atoms with van der Waals surface area (Å²) in [5.74, 6) is -1.31. The van der Waals surface area contributed by atoms with Gasteiger partial charge in [0.05, 0.1) is 5.69 Å². The highest BCUT2D eigenvalue weighted by Crippen LogP contribution is 2.25. The second-order valence-electron chi connectivity index (χ2n) is 4.90. The van der Waals surface area contributed by atoms with Crippen molar-refractivity contribution in [1.29, 1.82) is 0 Å². The fourth-order valence-electron chi connectivity index (χ4n) is 2.15. The number of carbonyl (C=O) groups excluding carboxylic acids is 3. The van der Waals surface area contributed by atoms with Gasteiger partial charge in [-0.15, -0.1) is 11.3 Å². The van der Waals surface area contributed by atoms with E-state index in [2.05, 4.69) is 21.2 Å². The molecule has 0 radical (unpaired) electrons. The van der Waals surface area contributed by atoms with Gasteiger partial charge in [-0.3, -0.25) is 14.9 Å². The van der Waals surface area contributed by atoms with E-state index >= 15 is 0 Å². The van der Waals surface area contributed by atoms with E-state index in [1.807, 2.05) is 18.4 Å². The molecule has 4 amide bonds.